The third-order valence-electron chi connectivity index (χ3n) is 3.57. The standard InChI is InChI=1S/C12H14FNO2/c1-8-2-9(13)10(14-3-8)12(15)4-11(5-12)6-16-7-11/h2-3,15H,4-7H2,1H3. The topological polar surface area (TPSA) is 42.4 Å². The second-order valence-corrected chi connectivity index (χ2v) is 5.22. The van der Waals surface area contributed by atoms with Crippen molar-refractivity contribution in [1.82, 2.24) is 4.98 Å². The summed E-state index contributed by atoms with van der Waals surface area (Å²) in [7, 11) is 0. The Kier molecular flexibility index (Phi) is 1.92. The van der Waals surface area contributed by atoms with E-state index in [9.17, 15) is 9.50 Å². The smallest absolute Gasteiger partial charge is 0.147 e. The SMILES string of the molecule is Cc1cnc(C2(O)CC3(COC3)C2)c(F)c1. The van der Waals surface area contributed by atoms with Gasteiger partial charge in [0.15, 0.2) is 0 Å². The molecule has 1 saturated heterocycles. The molecule has 0 aromatic carbocycles. The zero-order valence-electron chi connectivity index (χ0n) is 9.16. The first-order valence-corrected chi connectivity index (χ1v) is 5.46. The molecule has 0 radical (unpaired) electrons. The van der Waals surface area contributed by atoms with Crippen LogP contribution in [0.5, 0.6) is 0 Å². The Labute approximate surface area is 93.3 Å². The Morgan fingerprint density at radius 1 is 1.44 bits per heavy atom. The van der Waals surface area contributed by atoms with E-state index in [1.807, 2.05) is 0 Å². The van der Waals surface area contributed by atoms with Crippen LogP contribution in [0, 0.1) is 18.2 Å². The first-order valence-electron chi connectivity index (χ1n) is 5.46. The molecule has 0 unspecified atom stereocenters. The van der Waals surface area contributed by atoms with Crippen LogP contribution in [0.15, 0.2) is 12.3 Å². The van der Waals surface area contributed by atoms with Crippen molar-refractivity contribution in [3.05, 3.63) is 29.3 Å². The van der Waals surface area contributed by atoms with Crippen LogP contribution in [0.2, 0.25) is 0 Å². The van der Waals surface area contributed by atoms with Crippen LogP contribution in [0.3, 0.4) is 0 Å². The van der Waals surface area contributed by atoms with Crippen molar-refractivity contribution in [2.45, 2.75) is 25.4 Å². The van der Waals surface area contributed by atoms with Crippen LogP contribution in [-0.2, 0) is 10.3 Å². The van der Waals surface area contributed by atoms with Crippen LogP contribution in [0.25, 0.3) is 0 Å². The van der Waals surface area contributed by atoms with Crippen molar-refractivity contribution < 1.29 is 14.2 Å². The van der Waals surface area contributed by atoms with E-state index in [-0.39, 0.29) is 11.1 Å². The van der Waals surface area contributed by atoms with Gasteiger partial charge in [-0.2, -0.15) is 0 Å². The van der Waals surface area contributed by atoms with Gasteiger partial charge < -0.3 is 9.84 Å². The highest BCUT2D eigenvalue weighted by molar-refractivity contribution is 5.25. The molecule has 1 aliphatic heterocycles. The van der Waals surface area contributed by atoms with Gasteiger partial charge in [0, 0.05) is 11.6 Å². The molecule has 3 nitrogen and oxygen atoms in total. The van der Waals surface area contributed by atoms with E-state index >= 15 is 0 Å². The Morgan fingerprint density at radius 3 is 2.62 bits per heavy atom. The lowest BCUT2D eigenvalue weighted by Gasteiger charge is -2.57. The molecule has 0 amide bonds. The highest BCUT2D eigenvalue weighted by Gasteiger charge is 2.59. The van der Waals surface area contributed by atoms with Crippen LogP contribution in [0.4, 0.5) is 4.39 Å². The number of aromatic nitrogens is 1. The number of pyridine rings is 1. The highest BCUT2D eigenvalue weighted by Crippen LogP contribution is 2.57. The summed E-state index contributed by atoms with van der Waals surface area (Å²) in [6.07, 6.45) is 2.72. The number of hydrogen-bond donors (Lipinski definition) is 1. The van der Waals surface area contributed by atoms with E-state index in [1.165, 1.54) is 6.07 Å². The number of halogens is 1. The summed E-state index contributed by atoms with van der Waals surface area (Å²) in [5, 5.41) is 10.3. The van der Waals surface area contributed by atoms with Crippen molar-refractivity contribution in [3.63, 3.8) is 0 Å². The van der Waals surface area contributed by atoms with Crippen LogP contribution >= 0.6 is 0 Å². The zero-order valence-corrected chi connectivity index (χ0v) is 9.16. The summed E-state index contributed by atoms with van der Waals surface area (Å²) < 4.78 is 18.8. The fourth-order valence-corrected chi connectivity index (χ4v) is 2.83. The van der Waals surface area contributed by atoms with Gasteiger partial charge in [-0.1, -0.05) is 0 Å². The van der Waals surface area contributed by atoms with Crippen LogP contribution < -0.4 is 0 Å². The average Bonchev–Trinajstić information content (AvgIpc) is 2.10. The number of hydrogen-bond acceptors (Lipinski definition) is 3. The zero-order chi connectivity index (χ0) is 11.4. The van der Waals surface area contributed by atoms with E-state index in [2.05, 4.69) is 4.98 Å². The van der Waals surface area contributed by atoms with Gasteiger partial charge in [0.25, 0.3) is 0 Å². The van der Waals surface area contributed by atoms with E-state index in [0.717, 1.165) is 5.56 Å². The lowest BCUT2D eigenvalue weighted by molar-refractivity contribution is -0.246. The maximum atomic E-state index is 13.7. The first kappa shape index (κ1) is 10.2. The van der Waals surface area contributed by atoms with Gasteiger partial charge in [-0.25, -0.2) is 4.39 Å². The number of aryl methyl sites for hydroxylation is 1. The second-order valence-electron chi connectivity index (χ2n) is 5.22. The molecule has 0 bridgehead atoms. The fraction of sp³-hybridized carbons (Fsp3) is 0.583. The Bertz CT molecular complexity index is 435. The lowest BCUT2D eigenvalue weighted by Crippen LogP contribution is -2.60. The molecule has 3 rings (SSSR count). The first-order chi connectivity index (χ1) is 7.53. The number of aliphatic hydroxyl groups is 1. The van der Waals surface area contributed by atoms with Gasteiger partial charge in [0.1, 0.15) is 17.1 Å². The fourth-order valence-electron chi connectivity index (χ4n) is 2.83. The van der Waals surface area contributed by atoms with E-state index in [1.54, 1.807) is 13.1 Å². The monoisotopic (exact) mass is 223 g/mol. The van der Waals surface area contributed by atoms with Crippen LogP contribution in [0.1, 0.15) is 24.1 Å². The molecule has 1 aliphatic carbocycles. The number of rotatable bonds is 1. The van der Waals surface area contributed by atoms with E-state index < -0.39 is 11.4 Å². The van der Waals surface area contributed by atoms with Gasteiger partial charge in [0.2, 0.25) is 0 Å². The maximum Gasteiger partial charge on any atom is 0.147 e. The molecular weight excluding hydrogens is 209 g/mol. The van der Waals surface area contributed by atoms with Gasteiger partial charge in [-0.15, -0.1) is 0 Å². The normalized spacial score (nSPS) is 24.9. The Hall–Kier alpha value is -1.00. The third-order valence-corrected chi connectivity index (χ3v) is 3.57. The maximum absolute atomic E-state index is 13.7. The summed E-state index contributed by atoms with van der Waals surface area (Å²) in [5.74, 6) is -0.405. The average molecular weight is 223 g/mol. The summed E-state index contributed by atoms with van der Waals surface area (Å²) in [4.78, 5) is 4.03. The third kappa shape index (κ3) is 1.30. The summed E-state index contributed by atoms with van der Waals surface area (Å²) in [5.41, 5.74) is -0.0310. The largest absolute Gasteiger partial charge is 0.383 e. The second kappa shape index (κ2) is 3.02. The molecule has 1 N–H and O–H groups in total. The molecule has 1 spiro atoms. The summed E-state index contributed by atoms with van der Waals surface area (Å²) >= 11 is 0. The molecule has 2 aliphatic rings. The molecule has 2 fully saturated rings. The molecule has 0 atom stereocenters. The Morgan fingerprint density at radius 2 is 2.12 bits per heavy atom. The van der Waals surface area contributed by atoms with Crippen molar-refractivity contribution in [1.29, 1.82) is 0 Å². The van der Waals surface area contributed by atoms with Crippen LogP contribution in [-0.4, -0.2) is 23.3 Å². The molecule has 16 heavy (non-hydrogen) atoms. The van der Waals surface area contributed by atoms with Gasteiger partial charge in [-0.3, -0.25) is 4.98 Å². The van der Waals surface area contributed by atoms with E-state index in [0.29, 0.717) is 26.1 Å². The van der Waals surface area contributed by atoms with Crippen molar-refractivity contribution in [3.8, 4) is 0 Å². The lowest BCUT2D eigenvalue weighted by atomic mass is 9.57. The predicted octanol–water partition coefficient (Wildman–Crippen LogP) is 1.53. The quantitative estimate of drug-likeness (QED) is 0.785. The van der Waals surface area contributed by atoms with Crippen molar-refractivity contribution >= 4 is 0 Å². The predicted molar refractivity (Wildman–Crippen MR) is 55.3 cm³/mol. The van der Waals surface area contributed by atoms with Crippen molar-refractivity contribution in [2.24, 2.45) is 5.41 Å². The minimum atomic E-state index is -1.08. The molecule has 86 valence electrons. The molecular formula is C12H14FNO2. The summed E-state index contributed by atoms with van der Waals surface area (Å²) in [6, 6.07) is 1.42. The van der Waals surface area contributed by atoms with Gasteiger partial charge in [0.05, 0.1) is 13.2 Å². The van der Waals surface area contributed by atoms with E-state index in [4.69, 9.17) is 4.74 Å². The summed E-state index contributed by atoms with van der Waals surface area (Å²) in [6.45, 7) is 3.15. The van der Waals surface area contributed by atoms with Gasteiger partial charge in [-0.05, 0) is 31.4 Å². The number of nitrogens with zero attached hydrogens (tertiary/aromatic N) is 1. The molecule has 4 heteroatoms. The molecule has 1 saturated carbocycles. The molecule has 2 heterocycles. The Balaban J connectivity index is 1.87. The number of ether oxygens (including phenoxy) is 1. The van der Waals surface area contributed by atoms with Gasteiger partial charge >= 0.3 is 0 Å². The minimum Gasteiger partial charge on any atom is -0.383 e. The minimum absolute atomic E-state index is 0.0910. The highest BCUT2D eigenvalue weighted by atomic mass is 19.1. The van der Waals surface area contributed by atoms with Crippen molar-refractivity contribution in [2.75, 3.05) is 13.2 Å². The molecule has 1 aromatic heterocycles. The molecule has 1 aromatic rings.